The number of hydrogen-bond donors (Lipinski definition) is 2. The van der Waals surface area contributed by atoms with Crippen LogP contribution in [0.15, 0.2) is 64.3 Å². The van der Waals surface area contributed by atoms with Gasteiger partial charge in [0.25, 0.3) is 0 Å². The lowest BCUT2D eigenvalue weighted by molar-refractivity contribution is -0.139. The molecule has 2 N–H and O–H groups in total. The summed E-state index contributed by atoms with van der Waals surface area (Å²) in [4.78, 5) is 27.5. The number of phenols is 1. The summed E-state index contributed by atoms with van der Waals surface area (Å²) in [6.07, 6.45) is 1.84. The lowest BCUT2D eigenvalue weighted by Crippen LogP contribution is -2.36. The summed E-state index contributed by atoms with van der Waals surface area (Å²) in [6.45, 7) is 4.11. The Hall–Kier alpha value is -2.86. The maximum Gasteiger partial charge on any atom is 0.336 e. The molecule has 6 heteroatoms. The van der Waals surface area contributed by atoms with E-state index in [2.05, 4.69) is 11.4 Å². The van der Waals surface area contributed by atoms with Crippen LogP contribution in [-0.4, -0.2) is 23.5 Å². The van der Waals surface area contributed by atoms with Gasteiger partial charge in [0.1, 0.15) is 5.75 Å². The van der Waals surface area contributed by atoms with Gasteiger partial charge in [0, 0.05) is 40.1 Å². The number of rotatable bonds is 5. The number of aromatic hydroxyl groups is 1. The summed E-state index contributed by atoms with van der Waals surface area (Å²) in [5.41, 5.74) is 3.33. The molecule has 0 amide bonds. The molecule has 4 rings (SSSR count). The molecule has 2 aliphatic rings. The molecule has 0 saturated heterocycles. The third kappa shape index (κ3) is 3.79. The molecule has 2 aromatic rings. The normalized spacial score (nSPS) is 21.3. The maximum atomic E-state index is 13.4. The first-order valence-corrected chi connectivity index (χ1v) is 11.1. The van der Waals surface area contributed by atoms with Gasteiger partial charge in [-0.2, -0.15) is 0 Å². The topological polar surface area (TPSA) is 75.6 Å². The Morgan fingerprint density at radius 2 is 2.10 bits per heavy atom. The van der Waals surface area contributed by atoms with Crippen LogP contribution in [-0.2, 0) is 14.3 Å². The third-order valence-corrected chi connectivity index (χ3v) is 6.67. The van der Waals surface area contributed by atoms with Crippen molar-refractivity contribution < 1.29 is 19.4 Å². The number of Topliss-reactive ketones (excluding diaryl/α,β-unsaturated/α-hetero) is 1. The van der Waals surface area contributed by atoms with Crippen molar-refractivity contribution >= 4 is 23.1 Å². The van der Waals surface area contributed by atoms with Crippen molar-refractivity contribution in [3.8, 4) is 5.75 Å². The van der Waals surface area contributed by atoms with Crippen molar-refractivity contribution in [1.29, 1.82) is 0 Å². The minimum atomic E-state index is -0.547. The van der Waals surface area contributed by atoms with E-state index < -0.39 is 11.9 Å². The molecule has 2 heterocycles. The van der Waals surface area contributed by atoms with Crippen LogP contribution in [0.5, 0.6) is 5.75 Å². The van der Waals surface area contributed by atoms with Crippen LogP contribution < -0.4 is 5.32 Å². The zero-order valence-corrected chi connectivity index (χ0v) is 17.9. The average Bonchev–Trinajstić information content (AvgIpc) is 3.25. The van der Waals surface area contributed by atoms with Crippen molar-refractivity contribution in [3.63, 3.8) is 0 Å². The number of thiophene rings is 1. The van der Waals surface area contributed by atoms with Gasteiger partial charge in [-0.3, -0.25) is 4.79 Å². The second-order valence-electron chi connectivity index (χ2n) is 7.76. The molecule has 0 saturated carbocycles. The molecule has 0 fully saturated rings. The summed E-state index contributed by atoms with van der Waals surface area (Å²) in [6, 6.07) is 10.9. The Kier molecular flexibility index (Phi) is 5.77. The van der Waals surface area contributed by atoms with Crippen LogP contribution >= 0.6 is 11.3 Å². The number of carbonyl (C=O) groups excluding carboxylic acids is 2. The van der Waals surface area contributed by atoms with Gasteiger partial charge in [0.05, 0.1) is 12.2 Å². The number of hydrogen-bond acceptors (Lipinski definition) is 6. The quantitative estimate of drug-likeness (QED) is 0.678. The molecule has 0 spiro atoms. The number of dihydropyridines is 1. The minimum Gasteiger partial charge on any atom is -0.508 e. The maximum absolute atomic E-state index is 13.4. The monoisotopic (exact) mass is 423 g/mol. The predicted molar refractivity (Wildman–Crippen MR) is 116 cm³/mol. The molecule has 2 atom stereocenters. The van der Waals surface area contributed by atoms with Gasteiger partial charge < -0.3 is 15.2 Å². The molecule has 156 valence electrons. The predicted octanol–water partition coefficient (Wildman–Crippen LogP) is 4.77. The zero-order valence-electron chi connectivity index (χ0n) is 17.1. The van der Waals surface area contributed by atoms with E-state index in [-0.39, 0.29) is 17.5 Å². The van der Waals surface area contributed by atoms with E-state index in [1.807, 2.05) is 31.4 Å². The third-order valence-electron chi connectivity index (χ3n) is 5.63. The Balaban J connectivity index is 1.79. The number of esters is 1. The first-order chi connectivity index (χ1) is 14.5. The number of carbonyl (C=O) groups is 2. The summed E-state index contributed by atoms with van der Waals surface area (Å²) in [5, 5.41) is 15.4. The lowest BCUT2D eigenvalue weighted by Gasteiger charge is -2.36. The van der Waals surface area contributed by atoms with Crippen LogP contribution in [0.1, 0.15) is 55.4 Å². The van der Waals surface area contributed by atoms with E-state index in [1.165, 1.54) is 4.88 Å². The first kappa shape index (κ1) is 20.4. The Morgan fingerprint density at radius 3 is 2.80 bits per heavy atom. The highest BCUT2D eigenvalue weighted by atomic mass is 32.1. The lowest BCUT2D eigenvalue weighted by atomic mass is 9.72. The van der Waals surface area contributed by atoms with Crippen LogP contribution in [0.25, 0.3) is 0 Å². The number of phenolic OH excluding ortho intramolecular Hbond substituents is 1. The van der Waals surface area contributed by atoms with Gasteiger partial charge in [-0.15, -0.1) is 11.3 Å². The molecule has 0 radical (unpaired) electrons. The standard InChI is InChI=1S/C24H25NO4S/c1-3-9-29-24(28)21-14(2)25-18-12-16(20-8-5-10-30-20)13-19(27)23(18)22(21)15-6-4-7-17(26)11-15/h4-8,10-11,16,22,25-26H,3,9,12-13H2,1-2H3/t16-,22+/m0/s1. The number of allylic oxidation sites excluding steroid dienone is 3. The summed E-state index contributed by atoms with van der Waals surface area (Å²) >= 11 is 1.66. The van der Waals surface area contributed by atoms with Gasteiger partial charge >= 0.3 is 5.97 Å². The van der Waals surface area contributed by atoms with Gasteiger partial charge in [-0.05, 0) is 48.9 Å². The Labute approximate surface area is 180 Å². The van der Waals surface area contributed by atoms with Crippen molar-refractivity contribution in [2.75, 3.05) is 6.61 Å². The van der Waals surface area contributed by atoms with Crippen molar-refractivity contribution in [2.45, 2.75) is 44.9 Å². The van der Waals surface area contributed by atoms with Crippen molar-refractivity contribution in [3.05, 3.63) is 74.8 Å². The van der Waals surface area contributed by atoms with Gasteiger partial charge in [-0.1, -0.05) is 25.1 Å². The van der Waals surface area contributed by atoms with Crippen LogP contribution in [0, 0.1) is 0 Å². The molecular formula is C24H25NO4S. The smallest absolute Gasteiger partial charge is 0.336 e. The zero-order chi connectivity index (χ0) is 21.3. The molecule has 1 aromatic heterocycles. The van der Waals surface area contributed by atoms with E-state index in [1.54, 1.807) is 29.5 Å². The summed E-state index contributed by atoms with van der Waals surface area (Å²) in [5.74, 6) is -0.699. The minimum absolute atomic E-state index is 0.0313. The second-order valence-corrected chi connectivity index (χ2v) is 8.74. The van der Waals surface area contributed by atoms with E-state index >= 15 is 0 Å². The highest BCUT2D eigenvalue weighted by Gasteiger charge is 2.41. The molecule has 0 unspecified atom stereocenters. The van der Waals surface area contributed by atoms with E-state index in [0.717, 1.165) is 17.7 Å². The van der Waals surface area contributed by atoms with Gasteiger partial charge in [0.15, 0.2) is 5.78 Å². The largest absolute Gasteiger partial charge is 0.508 e. The van der Waals surface area contributed by atoms with Crippen LogP contribution in [0.4, 0.5) is 0 Å². The molecule has 1 aromatic carbocycles. The highest BCUT2D eigenvalue weighted by molar-refractivity contribution is 7.10. The van der Waals surface area contributed by atoms with Crippen molar-refractivity contribution in [1.82, 2.24) is 5.32 Å². The molecule has 1 aliphatic carbocycles. The molecule has 0 bridgehead atoms. The molecular weight excluding hydrogens is 398 g/mol. The second kappa shape index (κ2) is 8.48. The van der Waals surface area contributed by atoms with Crippen molar-refractivity contribution in [2.24, 2.45) is 0 Å². The van der Waals surface area contributed by atoms with Crippen LogP contribution in [0.2, 0.25) is 0 Å². The molecule has 1 aliphatic heterocycles. The van der Waals surface area contributed by atoms with E-state index in [9.17, 15) is 14.7 Å². The first-order valence-electron chi connectivity index (χ1n) is 10.2. The Morgan fingerprint density at radius 1 is 1.27 bits per heavy atom. The fourth-order valence-electron chi connectivity index (χ4n) is 4.34. The fourth-order valence-corrected chi connectivity index (χ4v) is 5.18. The number of nitrogens with one attached hydrogen (secondary N) is 1. The van der Waals surface area contributed by atoms with Gasteiger partial charge in [0.2, 0.25) is 0 Å². The molecule has 5 nitrogen and oxygen atoms in total. The molecule has 30 heavy (non-hydrogen) atoms. The van der Waals surface area contributed by atoms with Crippen LogP contribution in [0.3, 0.4) is 0 Å². The van der Waals surface area contributed by atoms with E-state index in [4.69, 9.17) is 4.74 Å². The number of benzene rings is 1. The Bertz CT molecular complexity index is 1040. The number of ketones is 1. The van der Waals surface area contributed by atoms with Gasteiger partial charge in [-0.25, -0.2) is 4.79 Å². The summed E-state index contributed by atoms with van der Waals surface area (Å²) < 4.78 is 5.45. The van der Waals surface area contributed by atoms with E-state index in [0.29, 0.717) is 36.3 Å². The SMILES string of the molecule is CCCOC(=O)C1=C(C)NC2=C(C(=O)C[C@@H](c3cccs3)C2)[C@@H]1c1cccc(O)c1. The number of ether oxygens (including phenoxy) is 1. The highest BCUT2D eigenvalue weighted by Crippen LogP contribution is 2.46. The summed E-state index contributed by atoms with van der Waals surface area (Å²) in [7, 11) is 0. The fraction of sp³-hybridized carbons (Fsp3) is 0.333. The average molecular weight is 424 g/mol.